The van der Waals surface area contributed by atoms with Gasteiger partial charge in [-0.3, -0.25) is 4.79 Å². The van der Waals surface area contributed by atoms with Crippen LogP contribution in [0.1, 0.15) is 20.3 Å². The zero-order chi connectivity index (χ0) is 7.49. The molecule has 0 rings (SSSR count). The summed E-state index contributed by atoms with van der Waals surface area (Å²) in [5.41, 5.74) is 4.82. The quantitative estimate of drug-likeness (QED) is 0.607. The van der Waals surface area contributed by atoms with E-state index >= 15 is 0 Å². The van der Waals surface area contributed by atoms with E-state index < -0.39 is 5.54 Å². The van der Waals surface area contributed by atoms with E-state index in [1.54, 1.807) is 6.92 Å². The first-order valence-electron chi connectivity index (χ1n) is 2.92. The summed E-state index contributed by atoms with van der Waals surface area (Å²) >= 11 is 5.29. The lowest BCUT2D eigenvalue weighted by molar-refractivity contribution is -0.121. The van der Waals surface area contributed by atoms with E-state index in [-0.39, 0.29) is 11.7 Å². The molecule has 0 aliphatic heterocycles. The molecule has 1 unspecified atom stereocenters. The van der Waals surface area contributed by atoms with Crippen molar-refractivity contribution in [3.05, 3.63) is 0 Å². The molecule has 0 amide bonds. The molecule has 0 aliphatic carbocycles. The molecule has 0 saturated heterocycles. The van der Waals surface area contributed by atoms with Crippen molar-refractivity contribution < 1.29 is 4.79 Å². The molecule has 0 aromatic rings. The Balaban J connectivity index is 3.97. The van der Waals surface area contributed by atoms with E-state index in [2.05, 4.69) is 0 Å². The second-order valence-electron chi connectivity index (χ2n) is 2.33. The highest BCUT2D eigenvalue weighted by Gasteiger charge is 2.23. The highest BCUT2D eigenvalue weighted by atomic mass is 35.5. The Kier molecular flexibility index (Phi) is 3.15. The average Bonchev–Trinajstić information content (AvgIpc) is 1.86. The molecular weight excluding hydrogens is 138 g/mol. The number of halogens is 1. The zero-order valence-corrected chi connectivity index (χ0v) is 6.53. The van der Waals surface area contributed by atoms with E-state index in [1.165, 1.54) is 0 Å². The molecule has 1 atom stereocenters. The molecule has 2 nitrogen and oxygen atoms in total. The van der Waals surface area contributed by atoms with Gasteiger partial charge >= 0.3 is 0 Å². The largest absolute Gasteiger partial charge is 0.319 e. The maximum absolute atomic E-state index is 10.8. The van der Waals surface area contributed by atoms with Gasteiger partial charge in [-0.2, -0.15) is 0 Å². The number of carbonyl (C=O) groups is 1. The molecule has 0 heterocycles. The van der Waals surface area contributed by atoms with Crippen molar-refractivity contribution in [2.75, 3.05) is 5.88 Å². The molecule has 0 aliphatic rings. The van der Waals surface area contributed by atoms with Crippen LogP contribution in [0.2, 0.25) is 0 Å². The molecule has 2 N–H and O–H groups in total. The summed E-state index contributed by atoms with van der Waals surface area (Å²) in [7, 11) is 0. The van der Waals surface area contributed by atoms with Gasteiger partial charge in [-0.25, -0.2) is 0 Å². The van der Waals surface area contributed by atoms with Crippen molar-refractivity contribution in [1.29, 1.82) is 0 Å². The summed E-state index contributed by atoms with van der Waals surface area (Å²) in [5, 5.41) is 0. The lowest BCUT2D eigenvalue weighted by Crippen LogP contribution is -2.44. The van der Waals surface area contributed by atoms with Crippen LogP contribution < -0.4 is 5.73 Å². The second kappa shape index (κ2) is 3.18. The van der Waals surface area contributed by atoms with Crippen LogP contribution in [0.3, 0.4) is 0 Å². The number of rotatable bonds is 3. The highest BCUT2D eigenvalue weighted by molar-refractivity contribution is 6.28. The van der Waals surface area contributed by atoms with Gasteiger partial charge in [-0.1, -0.05) is 6.92 Å². The van der Waals surface area contributed by atoms with Crippen LogP contribution in [-0.4, -0.2) is 17.2 Å². The Morgan fingerprint density at radius 2 is 2.22 bits per heavy atom. The maximum atomic E-state index is 10.8. The molecule has 3 heteroatoms. The Labute approximate surface area is 60.4 Å². The summed E-state index contributed by atoms with van der Waals surface area (Å²) in [5.74, 6) is -0.0763. The molecule has 0 bridgehead atoms. The Bertz CT molecular complexity index is 112. The minimum absolute atomic E-state index is 0.0147. The average molecular weight is 150 g/mol. The van der Waals surface area contributed by atoms with Gasteiger partial charge in [0.15, 0.2) is 5.78 Å². The van der Waals surface area contributed by atoms with Crippen LogP contribution in [0, 0.1) is 0 Å². The standard InChI is InChI=1S/C6H12ClNO/c1-3-6(2,8)5(9)4-7/h3-4,8H2,1-2H3. The third kappa shape index (κ3) is 2.33. The summed E-state index contributed by atoms with van der Waals surface area (Å²) in [6.45, 7) is 3.56. The number of hydrogen-bond donors (Lipinski definition) is 1. The first-order chi connectivity index (χ1) is 4.04. The van der Waals surface area contributed by atoms with Crippen molar-refractivity contribution in [2.45, 2.75) is 25.8 Å². The number of carbonyl (C=O) groups excluding carboxylic acids is 1. The van der Waals surface area contributed by atoms with Gasteiger partial charge in [0.25, 0.3) is 0 Å². The molecule has 0 fully saturated rings. The lowest BCUT2D eigenvalue weighted by atomic mass is 9.96. The SMILES string of the molecule is CCC(C)(N)C(=O)CCl. The molecule has 0 saturated carbocycles. The molecule has 54 valence electrons. The van der Waals surface area contributed by atoms with E-state index in [9.17, 15) is 4.79 Å². The predicted molar refractivity (Wildman–Crippen MR) is 38.6 cm³/mol. The fourth-order valence-corrected chi connectivity index (χ4v) is 0.655. The van der Waals surface area contributed by atoms with Crippen molar-refractivity contribution in [1.82, 2.24) is 0 Å². The van der Waals surface area contributed by atoms with Gasteiger partial charge in [0, 0.05) is 0 Å². The number of ketones is 1. The van der Waals surface area contributed by atoms with Crippen molar-refractivity contribution in [3.8, 4) is 0 Å². The maximum Gasteiger partial charge on any atom is 0.167 e. The van der Waals surface area contributed by atoms with Crippen LogP contribution >= 0.6 is 11.6 Å². The smallest absolute Gasteiger partial charge is 0.167 e. The third-order valence-electron chi connectivity index (χ3n) is 1.49. The minimum Gasteiger partial charge on any atom is -0.319 e. The fraction of sp³-hybridized carbons (Fsp3) is 0.833. The molecule has 0 radical (unpaired) electrons. The number of hydrogen-bond acceptors (Lipinski definition) is 2. The summed E-state index contributed by atoms with van der Waals surface area (Å²) in [6.07, 6.45) is 0.637. The highest BCUT2D eigenvalue weighted by Crippen LogP contribution is 2.06. The van der Waals surface area contributed by atoms with Crippen LogP contribution in [0.25, 0.3) is 0 Å². The van der Waals surface area contributed by atoms with Gasteiger partial charge in [0.1, 0.15) is 0 Å². The monoisotopic (exact) mass is 149 g/mol. The Morgan fingerprint density at radius 1 is 1.78 bits per heavy atom. The number of Topliss-reactive ketones (excluding diaryl/α,β-unsaturated/α-hetero) is 1. The fourth-order valence-electron chi connectivity index (χ4n) is 0.350. The second-order valence-corrected chi connectivity index (χ2v) is 2.60. The molecule has 0 spiro atoms. The van der Waals surface area contributed by atoms with E-state index in [0.29, 0.717) is 6.42 Å². The van der Waals surface area contributed by atoms with E-state index in [1.807, 2.05) is 6.92 Å². The Morgan fingerprint density at radius 3 is 2.33 bits per heavy atom. The van der Waals surface area contributed by atoms with Crippen LogP contribution in [0.15, 0.2) is 0 Å². The molecular formula is C6H12ClNO. The first-order valence-corrected chi connectivity index (χ1v) is 3.46. The topological polar surface area (TPSA) is 43.1 Å². The normalized spacial score (nSPS) is 16.9. The van der Waals surface area contributed by atoms with Crippen molar-refractivity contribution >= 4 is 17.4 Å². The van der Waals surface area contributed by atoms with Crippen LogP contribution in [0.4, 0.5) is 0 Å². The minimum atomic E-state index is -0.720. The van der Waals surface area contributed by atoms with Crippen molar-refractivity contribution in [2.24, 2.45) is 5.73 Å². The molecule has 9 heavy (non-hydrogen) atoms. The number of alkyl halides is 1. The third-order valence-corrected chi connectivity index (χ3v) is 1.74. The summed E-state index contributed by atoms with van der Waals surface area (Å²) < 4.78 is 0. The Hall–Kier alpha value is -0.0800. The van der Waals surface area contributed by atoms with E-state index in [4.69, 9.17) is 17.3 Å². The predicted octanol–water partition coefficient (Wildman–Crippen LogP) is 0.922. The van der Waals surface area contributed by atoms with Crippen molar-refractivity contribution in [3.63, 3.8) is 0 Å². The summed E-state index contributed by atoms with van der Waals surface area (Å²) in [6, 6.07) is 0. The first kappa shape index (κ1) is 8.92. The molecule has 0 aromatic heterocycles. The van der Waals surface area contributed by atoms with Gasteiger partial charge in [-0.05, 0) is 13.3 Å². The van der Waals surface area contributed by atoms with Gasteiger partial charge < -0.3 is 5.73 Å². The number of nitrogens with two attached hydrogens (primary N) is 1. The summed E-state index contributed by atoms with van der Waals surface area (Å²) in [4.78, 5) is 10.8. The van der Waals surface area contributed by atoms with Crippen LogP contribution in [-0.2, 0) is 4.79 Å². The van der Waals surface area contributed by atoms with Crippen LogP contribution in [0.5, 0.6) is 0 Å². The van der Waals surface area contributed by atoms with Gasteiger partial charge in [0.05, 0.1) is 11.4 Å². The van der Waals surface area contributed by atoms with E-state index in [0.717, 1.165) is 0 Å². The zero-order valence-electron chi connectivity index (χ0n) is 5.78. The molecule has 0 aromatic carbocycles. The van der Waals surface area contributed by atoms with Gasteiger partial charge in [-0.15, -0.1) is 11.6 Å². The lowest BCUT2D eigenvalue weighted by Gasteiger charge is -2.18. The van der Waals surface area contributed by atoms with Gasteiger partial charge in [0.2, 0.25) is 0 Å².